The Labute approximate surface area is 87.2 Å². The molecule has 3 heteroatoms. The van der Waals surface area contributed by atoms with E-state index >= 15 is 0 Å². The lowest BCUT2D eigenvalue weighted by Crippen LogP contribution is -2.41. The summed E-state index contributed by atoms with van der Waals surface area (Å²) in [6.45, 7) is 7.11. The predicted octanol–water partition coefficient (Wildman–Crippen LogP) is 1.43. The second-order valence-electron chi connectivity index (χ2n) is 4.35. The fraction of sp³-hybridized carbons (Fsp3) is 1.00. The minimum Gasteiger partial charge on any atom is -0.383 e. The van der Waals surface area contributed by atoms with Crippen LogP contribution in [-0.2, 0) is 9.47 Å². The summed E-state index contributed by atoms with van der Waals surface area (Å²) in [5, 5.41) is 3.51. The molecule has 0 aromatic heterocycles. The van der Waals surface area contributed by atoms with E-state index in [0.717, 1.165) is 19.8 Å². The first-order valence-electron chi connectivity index (χ1n) is 5.58. The van der Waals surface area contributed by atoms with Crippen molar-refractivity contribution >= 4 is 0 Å². The molecule has 1 fully saturated rings. The average molecular weight is 201 g/mol. The van der Waals surface area contributed by atoms with E-state index in [2.05, 4.69) is 19.2 Å². The summed E-state index contributed by atoms with van der Waals surface area (Å²) < 4.78 is 10.7. The van der Waals surface area contributed by atoms with Gasteiger partial charge in [-0.05, 0) is 18.8 Å². The molecule has 3 nitrogen and oxygen atoms in total. The number of hydrogen-bond acceptors (Lipinski definition) is 3. The molecule has 1 N–H and O–H groups in total. The summed E-state index contributed by atoms with van der Waals surface area (Å²) in [5.41, 5.74) is 0. The third-order valence-corrected chi connectivity index (χ3v) is 2.78. The minimum absolute atomic E-state index is 0.424. The summed E-state index contributed by atoms with van der Waals surface area (Å²) in [6.07, 6.45) is 2.83. The van der Waals surface area contributed by atoms with Crippen molar-refractivity contribution in [2.45, 2.75) is 38.8 Å². The SMILES string of the molecule is COCC(NCC1CCCO1)C(C)C. The van der Waals surface area contributed by atoms with E-state index < -0.39 is 0 Å². The number of rotatable bonds is 6. The van der Waals surface area contributed by atoms with Gasteiger partial charge in [-0.3, -0.25) is 0 Å². The summed E-state index contributed by atoms with van der Waals surface area (Å²) >= 11 is 0. The van der Waals surface area contributed by atoms with Gasteiger partial charge >= 0.3 is 0 Å². The monoisotopic (exact) mass is 201 g/mol. The van der Waals surface area contributed by atoms with Crippen molar-refractivity contribution in [2.24, 2.45) is 5.92 Å². The second-order valence-corrected chi connectivity index (χ2v) is 4.35. The summed E-state index contributed by atoms with van der Waals surface area (Å²) in [4.78, 5) is 0. The molecule has 0 bridgehead atoms. The molecule has 0 spiro atoms. The van der Waals surface area contributed by atoms with Gasteiger partial charge in [0.2, 0.25) is 0 Å². The third-order valence-electron chi connectivity index (χ3n) is 2.78. The van der Waals surface area contributed by atoms with Crippen LogP contribution < -0.4 is 5.32 Å². The van der Waals surface area contributed by atoms with Crippen LogP contribution in [0.3, 0.4) is 0 Å². The third kappa shape index (κ3) is 3.95. The first kappa shape index (κ1) is 12.0. The second kappa shape index (κ2) is 6.38. The number of methoxy groups -OCH3 is 1. The molecule has 2 unspecified atom stereocenters. The molecule has 1 heterocycles. The molecule has 0 aliphatic carbocycles. The van der Waals surface area contributed by atoms with Crippen LogP contribution in [0.15, 0.2) is 0 Å². The van der Waals surface area contributed by atoms with Gasteiger partial charge in [-0.2, -0.15) is 0 Å². The first-order chi connectivity index (χ1) is 6.74. The normalized spacial score (nSPS) is 24.4. The highest BCUT2D eigenvalue weighted by Crippen LogP contribution is 2.11. The van der Waals surface area contributed by atoms with Crippen LogP contribution in [0.1, 0.15) is 26.7 Å². The Kier molecular flexibility index (Phi) is 5.45. The van der Waals surface area contributed by atoms with Gasteiger partial charge in [0.1, 0.15) is 0 Å². The van der Waals surface area contributed by atoms with Crippen LogP contribution in [0.2, 0.25) is 0 Å². The molecule has 0 aromatic carbocycles. The Hall–Kier alpha value is -0.120. The topological polar surface area (TPSA) is 30.5 Å². The van der Waals surface area contributed by atoms with Crippen molar-refractivity contribution in [1.82, 2.24) is 5.32 Å². The maximum absolute atomic E-state index is 5.56. The highest BCUT2D eigenvalue weighted by atomic mass is 16.5. The maximum atomic E-state index is 5.56. The Morgan fingerprint density at radius 3 is 2.79 bits per heavy atom. The van der Waals surface area contributed by atoms with Gasteiger partial charge in [0.15, 0.2) is 0 Å². The molecule has 1 rings (SSSR count). The summed E-state index contributed by atoms with van der Waals surface area (Å²) in [6, 6.07) is 0.448. The zero-order valence-electron chi connectivity index (χ0n) is 9.58. The number of hydrogen-bond donors (Lipinski definition) is 1. The zero-order valence-corrected chi connectivity index (χ0v) is 9.58. The Morgan fingerprint density at radius 1 is 1.50 bits per heavy atom. The lowest BCUT2D eigenvalue weighted by Gasteiger charge is -2.23. The first-order valence-corrected chi connectivity index (χ1v) is 5.58. The van der Waals surface area contributed by atoms with Crippen LogP contribution >= 0.6 is 0 Å². The standard InChI is InChI=1S/C11H23NO2/c1-9(2)11(8-13-3)12-7-10-5-4-6-14-10/h9-12H,4-8H2,1-3H3. The molecular formula is C11H23NO2. The maximum Gasteiger partial charge on any atom is 0.0700 e. The summed E-state index contributed by atoms with van der Waals surface area (Å²) in [5.74, 6) is 0.608. The molecule has 1 aliphatic rings. The quantitative estimate of drug-likeness (QED) is 0.705. The van der Waals surface area contributed by atoms with Crippen molar-refractivity contribution in [3.63, 3.8) is 0 Å². The van der Waals surface area contributed by atoms with Gasteiger partial charge in [0.05, 0.1) is 12.7 Å². The zero-order chi connectivity index (χ0) is 10.4. The molecule has 0 saturated carbocycles. The number of nitrogens with one attached hydrogen (secondary N) is 1. The van der Waals surface area contributed by atoms with E-state index in [0.29, 0.717) is 18.1 Å². The van der Waals surface area contributed by atoms with Gasteiger partial charge in [0.25, 0.3) is 0 Å². The minimum atomic E-state index is 0.424. The fourth-order valence-corrected chi connectivity index (χ4v) is 1.75. The Balaban J connectivity index is 2.17. The van der Waals surface area contributed by atoms with E-state index in [1.165, 1.54) is 12.8 Å². The molecule has 1 saturated heterocycles. The van der Waals surface area contributed by atoms with Gasteiger partial charge in [-0.25, -0.2) is 0 Å². The lowest BCUT2D eigenvalue weighted by atomic mass is 10.1. The molecule has 2 atom stereocenters. The molecular weight excluding hydrogens is 178 g/mol. The largest absolute Gasteiger partial charge is 0.383 e. The Morgan fingerprint density at radius 2 is 2.29 bits per heavy atom. The molecule has 0 aromatic rings. The molecule has 1 aliphatic heterocycles. The van der Waals surface area contributed by atoms with Gasteiger partial charge < -0.3 is 14.8 Å². The van der Waals surface area contributed by atoms with Crippen LogP contribution in [0.5, 0.6) is 0 Å². The molecule has 14 heavy (non-hydrogen) atoms. The average Bonchev–Trinajstić information content (AvgIpc) is 2.64. The van der Waals surface area contributed by atoms with Crippen molar-refractivity contribution < 1.29 is 9.47 Å². The van der Waals surface area contributed by atoms with Gasteiger partial charge in [-0.1, -0.05) is 13.8 Å². The van der Waals surface area contributed by atoms with Crippen molar-refractivity contribution in [3.05, 3.63) is 0 Å². The predicted molar refractivity (Wildman–Crippen MR) is 57.5 cm³/mol. The molecule has 0 amide bonds. The van der Waals surface area contributed by atoms with Crippen LogP contribution in [0.4, 0.5) is 0 Å². The highest BCUT2D eigenvalue weighted by molar-refractivity contribution is 4.74. The lowest BCUT2D eigenvalue weighted by molar-refractivity contribution is 0.0937. The van der Waals surface area contributed by atoms with Gasteiger partial charge in [-0.15, -0.1) is 0 Å². The van der Waals surface area contributed by atoms with Crippen molar-refractivity contribution in [3.8, 4) is 0 Å². The van der Waals surface area contributed by atoms with E-state index in [1.54, 1.807) is 7.11 Å². The van der Waals surface area contributed by atoms with Crippen LogP contribution in [0, 0.1) is 5.92 Å². The molecule has 0 radical (unpaired) electrons. The molecule has 84 valence electrons. The van der Waals surface area contributed by atoms with E-state index in [-0.39, 0.29) is 0 Å². The number of ether oxygens (including phenoxy) is 2. The van der Waals surface area contributed by atoms with Crippen LogP contribution in [0.25, 0.3) is 0 Å². The smallest absolute Gasteiger partial charge is 0.0700 e. The Bertz CT molecular complexity index is 144. The highest BCUT2D eigenvalue weighted by Gasteiger charge is 2.18. The van der Waals surface area contributed by atoms with E-state index in [9.17, 15) is 0 Å². The van der Waals surface area contributed by atoms with Crippen molar-refractivity contribution in [1.29, 1.82) is 0 Å². The fourth-order valence-electron chi connectivity index (χ4n) is 1.75. The summed E-state index contributed by atoms with van der Waals surface area (Å²) in [7, 11) is 1.75. The van der Waals surface area contributed by atoms with Gasteiger partial charge in [0, 0.05) is 26.3 Å². The van der Waals surface area contributed by atoms with E-state index in [4.69, 9.17) is 9.47 Å². The van der Waals surface area contributed by atoms with Crippen molar-refractivity contribution in [2.75, 3.05) is 26.9 Å². The van der Waals surface area contributed by atoms with Crippen LogP contribution in [-0.4, -0.2) is 39.0 Å². The van der Waals surface area contributed by atoms with E-state index in [1.807, 2.05) is 0 Å².